The van der Waals surface area contributed by atoms with Gasteiger partial charge in [-0.25, -0.2) is 14.8 Å². The van der Waals surface area contributed by atoms with Crippen molar-refractivity contribution in [3.63, 3.8) is 0 Å². The van der Waals surface area contributed by atoms with Crippen LogP contribution >= 0.6 is 0 Å². The van der Waals surface area contributed by atoms with Gasteiger partial charge in [0.15, 0.2) is 5.65 Å². The number of carbonyl (C=O) groups excluding carboxylic acids is 1. The van der Waals surface area contributed by atoms with Gasteiger partial charge >= 0.3 is 5.97 Å². The van der Waals surface area contributed by atoms with E-state index in [1.165, 1.54) is 0 Å². The van der Waals surface area contributed by atoms with E-state index >= 15 is 0 Å². The molecule has 1 N–H and O–H groups in total. The number of para-hydroxylation sites is 3. The third kappa shape index (κ3) is 3.70. The minimum Gasteiger partial charge on any atom is -0.495 e. The van der Waals surface area contributed by atoms with Crippen molar-refractivity contribution >= 4 is 28.5 Å². The highest BCUT2D eigenvalue weighted by molar-refractivity contribution is 5.98. The second-order valence-electron chi connectivity index (χ2n) is 7.02. The highest BCUT2D eigenvalue weighted by Crippen LogP contribution is 2.35. The number of aryl methyl sites for hydroxylation is 1. The Bertz CT molecular complexity index is 1250. The fourth-order valence-electron chi connectivity index (χ4n) is 3.61. The number of nitrogens with one attached hydrogen (secondary N) is 1. The molecule has 0 fully saturated rings. The molecule has 4 rings (SSSR count). The molecule has 2 aromatic carbocycles. The summed E-state index contributed by atoms with van der Waals surface area (Å²) in [7, 11) is 1.61. The lowest BCUT2D eigenvalue weighted by atomic mass is 10.2. The lowest BCUT2D eigenvalue weighted by molar-refractivity contribution is 0.0512. The molecule has 7 heteroatoms. The first-order valence-electron chi connectivity index (χ1n) is 10.1. The van der Waals surface area contributed by atoms with Crippen LogP contribution in [0.1, 0.15) is 28.8 Å². The third-order valence-electron chi connectivity index (χ3n) is 5.19. The van der Waals surface area contributed by atoms with E-state index in [1.54, 1.807) is 14.0 Å². The maximum atomic E-state index is 12.5. The van der Waals surface area contributed by atoms with Crippen LogP contribution in [-0.2, 0) is 4.74 Å². The van der Waals surface area contributed by atoms with Crippen molar-refractivity contribution in [1.29, 1.82) is 0 Å². The Labute approximate surface area is 180 Å². The summed E-state index contributed by atoms with van der Waals surface area (Å²) in [5.41, 5.74) is 4.36. The van der Waals surface area contributed by atoms with E-state index in [4.69, 9.17) is 9.47 Å². The minimum absolute atomic E-state index is 0.00132. The monoisotopic (exact) mass is 416 g/mol. The highest BCUT2D eigenvalue weighted by Gasteiger charge is 2.23. The zero-order chi connectivity index (χ0) is 22.0. The Hall–Kier alpha value is -3.87. The summed E-state index contributed by atoms with van der Waals surface area (Å²) in [6.45, 7) is 6.05. The number of fused-ring (bicyclic) bond motifs is 1. The average Bonchev–Trinajstić information content (AvgIpc) is 3.05. The van der Waals surface area contributed by atoms with Gasteiger partial charge in [0.25, 0.3) is 0 Å². The van der Waals surface area contributed by atoms with Gasteiger partial charge < -0.3 is 14.8 Å². The molecule has 0 aliphatic heterocycles. The predicted octanol–water partition coefficient (Wildman–Crippen LogP) is 4.97. The molecule has 2 aromatic heterocycles. The molecule has 0 saturated heterocycles. The van der Waals surface area contributed by atoms with Crippen molar-refractivity contribution in [3.05, 3.63) is 71.7 Å². The predicted molar refractivity (Wildman–Crippen MR) is 121 cm³/mol. The summed E-state index contributed by atoms with van der Waals surface area (Å²) in [6.07, 6.45) is 0. The number of nitrogens with zero attached hydrogens (tertiary/aromatic N) is 3. The van der Waals surface area contributed by atoms with Crippen LogP contribution in [0.2, 0.25) is 0 Å². The van der Waals surface area contributed by atoms with Crippen LogP contribution in [0.3, 0.4) is 0 Å². The van der Waals surface area contributed by atoms with E-state index in [1.807, 2.05) is 73.0 Å². The van der Waals surface area contributed by atoms with Crippen molar-refractivity contribution < 1.29 is 14.3 Å². The van der Waals surface area contributed by atoms with Gasteiger partial charge in [-0.15, -0.1) is 0 Å². The number of hydrogen-bond acceptors (Lipinski definition) is 6. The first-order chi connectivity index (χ1) is 15.0. The molecular weight excluding hydrogens is 392 g/mol. The van der Waals surface area contributed by atoms with E-state index in [0.717, 1.165) is 28.0 Å². The fourth-order valence-corrected chi connectivity index (χ4v) is 3.61. The molecule has 31 heavy (non-hydrogen) atoms. The summed E-state index contributed by atoms with van der Waals surface area (Å²) in [6, 6.07) is 17.5. The zero-order valence-corrected chi connectivity index (χ0v) is 18.0. The molecule has 0 aliphatic rings. The average molecular weight is 416 g/mol. The van der Waals surface area contributed by atoms with E-state index < -0.39 is 5.97 Å². The van der Waals surface area contributed by atoms with Gasteiger partial charge in [0.05, 0.1) is 24.8 Å². The number of carbonyl (C=O) groups is 1. The van der Waals surface area contributed by atoms with Gasteiger partial charge in [0, 0.05) is 11.4 Å². The molecule has 2 heterocycles. The molecule has 0 radical (unpaired) electrons. The van der Waals surface area contributed by atoms with Crippen LogP contribution in [0.25, 0.3) is 16.7 Å². The molecule has 0 atom stereocenters. The Balaban J connectivity index is 1.99. The van der Waals surface area contributed by atoms with Crippen molar-refractivity contribution in [2.24, 2.45) is 0 Å². The molecule has 0 aliphatic carbocycles. The summed E-state index contributed by atoms with van der Waals surface area (Å²) in [5.74, 6) is 0.627. The Morgan fingerprint density at radius 1 is 1.03 bits per heavy atom. The number of anilines is 2. The molecule has 158 valence electrons. The van der Waals surface area contributed by atoms with Crippen LogP contribution in [0.4, 0.5) is 11.5 Å². The molecule has 0 bridgehead atoms. The fraction of sp³-hybridized carbons (Fsp3) is 0.208. The first-order valence-corrected chi connectivity index (χ1v) is 10.1. The number of esters is 1. The van der Waals surface area contributed by atoms with Gasteiger partial charge in [-0.3, -0.25) is 4.57 Å². The smallest absolute Gasteiger partial charge is 0.376 e. The van der Waals surface area contributed by atoms with Crippen LogP contribution in [0.5, 0.6) is 5.75 Å². The summed E-state index contributed by atoms with van der Waals surface area (Å²) < 4.78 is 12.7. The topological polar surface area (TPSA) is 78.3 Å². The largest absolute Gasteiger partial charge is 0.495 e. The van der Waals surface area contributed by atoms with E-state index in [-0.39, 0.29) is 12.4 Å². The Morgan fingerprint density at radius 3 is 2.45 bits per heavy atom. The molecule has 0 saturated carbocycles. The number of hydrogen-bond donors (Lipinski definition) is 1. The van der Waals surface area contributed by atoms with Crippen LogP contribution < -0.4 is 10.1 Å². The lowest BCUT2D eigenvalue weighted by Gasteiger charge is -2.13. The van der Waals surface area contributed by atoms with Crippen molar-refractivity contribution in [1.82, 2.24) is 14.5 Å². The molecule has 4 aromatic rings. The standard InChI is InChI=1S/C24H24N4O3/c1-5-31-24(29)22-26-21(25-18-13-9-10-14-19(18)30-4)20-15(2)16(3)28(23(20)27-22)17-11-7-6-8-12-17/h6-14H,5H2,1-4H3,(H,25,26,27). The number of benzene rings is 2. The van der Waals surface area contributed by atoms with Gasteiger partial charge in [0.1, 0.15) is 11.6 Å². The normalized spacial score (nSPS) is 10.8. The van der Waals surface area contributed by atoms with Crippen LogP contribution in [0.15, 0.2) is 54.6 Å². The Kier molecular flexibility index (Phi) is 5.58. The number of rotatable bonds is 6. The van der Waals surface area contributed by atoms with Gasteiger partial charge in [-0.05, 0) is 50.6 Å². The summed E-state index contributed by atoms with van der Waals surface area (Å²) >= 11 is 0. The Morgan fingerprint density at radius 2 is 1.74 bits per heavy atom. The van der Waals surface area contributed by atoms with E-state index in [9.17, 15) is 4.79 Å². The minimum atomic E-state index is -0.566. The number of methoxy groups -OCH3 is 1. The number of ether oxygens (including phenoxy) is 2. The summed E-state index contributed by atoms with van der Waals surface area (Å²) in [4.78, 5) is 21.7. The van der Waals surface area contributed by atoms with Crippen molar-refractivity contribution in [2.45, 2.75) is 20.8 Å². The first kappa shape index (κ1) is 20.4. The SMILES string of the molecule is CCOC(=O)c1nc(Nc2ccccc2OC)c2c(C)c(C)n(-c3ccccc3)c2n1. The molecule has 0 amide bonds. The molecular formula is C24H24N4O3. The molecule has 0 spiro atoms. The zero-order valence-electron chi connectivity index (χ0n) is 18.0. The molecule has 0 unspecified atom stereocenters. The number of aromatic nitrogens is 3. The van der Waals surface area contributed by atoms with E-state index in [0.29, 0.717) is 17.2 Å². The summed E-state index contributed by atoms with van der Waals surface area (Å²) in [5, 5.41) is 4.17. The second-order valence-corrected chi connectivity index (χ2v) is 7.02. The highest BCUT2D eigenvalue weighted by atomic mass is 16.5. The maximum absolute atomic E-state index is 12.5. The second kappa shape index (κ2) is 8.47. The van der Waals surface area contributed by atoms with Gasteiger partial charge in [-0.1, -0.05) is 30.3 Å². The van der Waals surface area contributed by atoms with Crippen LogP contribution in [-0.4, -0.2) is 34.2 Å². The van der Waals surface area contributed by atoms with Gasteiger partial charge in [0.2, 0.25) is 5.82 Å². The lowest BCUT2D eigenvalue weighted by Crippen LogP contribution is -2.12. The quantitative estimate of drug-likeness (QED) is 0.447. The third-order valence-corrected chi connectivity index (χ3v) is 5.19. The van der Waals surface area contributed by atoms with Gasteiger partial charge in [-0.2, -0.15) is 0 Å². The molecule has 7 nitrogen and oxygen atoms in total. The van der Waals surface area contributed by atoms with Crippen molar-refractivity contribution in [2.75, 3.05) is 19.0 Å². The van der Waals surface area contributed by atoms with E-state index in [2.05, 4.69) is 15.3 Å². The maximum Gasteiger partial charge on any atom is 0.376 e. The van der Waals surface area contributed by atoms with Crippen molar-refractivity contribution in [3.8, 4) is 11.4 Å². The van der Waals surface area contributed by atoms with Crippen LogP contribution in [0, 0.1) is 13.8 Å².